The van der Waals surface area contributed by atoms with E-state index in [1.165, 1.54) is 0 Å². The second-order valence-electron chi connectivity index (χ2n) is 4.63. The van der Waals surface area contributed by atoms with Crippen molar-refractivity contribution >= 4 is 5.97 Å². The molecule has 3 atom stereocenters. The van der Waals surface area contributed by atoms with E-state index in [0.717, 1.165) is 6.42 Å². The van der Waals surface area contributed by atoms with Crippen molar-refractivity contribution in [3.63, 3.8) is 0 Å². The maximum absolute atomic E-state index is 10.9. The van der Waals surface area contributed by atoms with Crippen molar-refractivity contribution in [1.82, 2.24) is 0 Å². The molecule has 13 heavy (non-hydrogen) atoms. The summed E-state index contributed by atoms with van der Waals surface area (Å²) < 4.78 is 5.59. The van der Waals surface area contributed by atoms with E-state index in [-0.39, 0.29) is 6.42 Å². The van der Waals surface area contributed by atoms with Gasteiger partial charge in [0.05, 0.1) is 5.60 Å². The van der Waals surface area contributed by atoms with Gasteiger partial charge in [-0.2, -0.15) is 0 Å². The minimum absolute atomic E-state index is 0.200. The van der Waals surface area contributed by atoms with Crippen molar-refractivity contribution < 1.29 is 19.7 Å². The van der Waals surface area contributed by atoms with Gasteiger partial charge in [0, 0.05) is 6.42 Å². The van der Waals surface area contributed by atoms with Gasteiger partial charge in [-0.25, -0.2) is 4.79 Å². The largest absolute Gasteiger partial charge is 0.479 e. The van der Waals surface area contributed by atoms with Crippen molar-refractivity contribution in [2.24, 2.45) is 0 Å². The SMILES string of the molecule is CC12CCC(C)(O1)C(O)(C(=O)O)C2. The minimum Gasteiger partial charge on any atom is -0.479 e. The van der Waals surface area contributed by atoms with Crippen LogP contribution in [0.5, 0.6) is 0 Å². The van der Waals surface area contributed by atoms with Gasteiger partial charge in [-0.15, -0.1) is 0 Å². The Balaban J connectivity index is 2.41. The molecule has 0 amide bonds. The lowest BCUT2D eigenvalue weighted by Crippen LogP contribution is -2.55. The molecule has 3 unspecified atom stereocenters. The third-order valence-electron chi connectivity index (χ3n) is 3.46. The second kappa shape index (κ2) is 2.07. The van der Waals surface area contributed by atoms with Gasteiger partial charge < -0.3 is 14.9 Å². The van der Waals surface area contributed by atoms with Crippen LogP contribution >= 0.6 is 0 Å². The Kier molecular flexibility index (Phi) is 1.43. The van der Waals surface area contributed by atoms with Crippen LogP contribution in [0, 0.1) is 0 Å². The summed E-state index contributed by atoms with van der Waals surface area (Å²) >= 11 is 0. The van der Waals surface area contributed by atoms with E-state index < -0.39 is 22.8 Å². The molecule has 74 valence electrons. The lowest BCUT2D eigenvalue weighted by atomic mass is 9.72. The van der Waals surface area contributed by atoms with Crippen LogP contribution in [0.2, 0.25) is 0 Å². The van der Waals surface area contributed by atoms with Crippen LogP contribution in [0.4, 0.5) is 0 Å². The molecular weight excluding hydrogens is 172 g/mol. The Bertz CT molecular complexity index is 277. The number of aliphatic carboxylic acids is 1. The molecule has 2 fully saturated rings. The number of fused-ring (bicyclic) bond motifs is 2. The van der Waals surface area contributed by atoms with Crippen LogP contribution in [0.3, 0.4) is 0 Å². The third-order valence-corrected chi connectivity index (χ3v) is 3.46. The minimum atomic E-state index is -1.69. The average Bonchev–Trinajstić information content (AvgIpc) is 2.36. The molecule has 2 N–H and O–H groups in total. The van der Waals surface area contributed by atoms with Gasteiger partial charge in [0.1, 0.15) is 5.60 Å². The first-order valence-electron chi connectivity index (χ1n) is 4.47. The molecule has 2 aliphatic rings. The molecule has 4 nitrogen and oxygen atoms in total. The number of rotatable bonds is 1. The molecule has 2 heterocycles. The lowest BCUT2D eigenvalue weighted by Gasteiger charge is -2.34. The number of aliphatic hydroxyl groups is 1. The van der Waals surface area contributed by atoms with E-state index >= 15 is 0 Å². The highest BCUT2D eigenvalue weighted by molar-refractivity contribution is 5.80. The number of hydrogen-bond donors (Lipinski definition) is 2. The maximum Gasteiger partial charge on any atom is 0.338 e. The summed E-state index contributed by atoms with van der Waals surface area (Å²) in [5.41, 5.74) is -3.03. The lowest BCUT2D eigenvalue weighted by molar-refractivity contribution is -0.175. The first-order chi connectivity index (χ1) is 5.81. The quantitative estimate of drug-likeness (QED) is 0.627. The molecule has 2 aliphatic heterocycles. The fourth-order valence-corrected chi connectivity index (χ4v) is 2.59. The summed E-state index contributed by atoms with van der Waals surface area (Å²) in [5, 5.41) is 18.9. The number of hydrogen-bond acceptors (Lipinski definition) is 3. The Morgan fingerprint density at radius 1 is 1.38 bits per heavy atom. The van der Waals surface area contributed by atoms with E-state index in [1.807, 2.05) is 6.92 Å². The van der Waals surface area contributed by atoms with Gasteiger partial charge in [-0.3, -0.25) is 0 Å². The Morgan fingerprint density at radius 3 is 2.23 bits per heavy atom. The van der Waals surface area contributed by atoms with Crippen molar-refractivity contribution in [3.05, 3.63) is 0 Å². The standard InChI is InChI=1S/C9H14O4/c1-7-3-4-8(2,13-7)9(12,5-7)6(10)11/h12H,3-5H2,1-2H3,(H,10,11). The predicted molar refractivity (Wildman–Crippen MR) is 44.3 cm³/mol. The van der Waals surface area contributed by atoms with Crippen LogP contribution in [0.1, 0.15) is 33.1 Å². The zero-order chi connectivity index (χ0) is 9.91. The first-order valence-corrected chi connectivity index (χ1v) is 4.47. The van der Waals surface area contributed by atoms with Gasteiger partial charge >= 0.3 is 5.97 Å². The number of ether oxygens (including phenoxy) is 1. The number of carboxylic acid groups (broad SMARTS) is 1. The van der Waals surface area contributed by atoms with E-state index in [1.54, 1.807) is 6.92 Å². The highest BCUT2D eigenvalue weighted by Crippen LogP contribution is 2.55. The van der Waals surface area contributed by atoms with Crippen molar-refractivity contribution in [2.45, 2.75) is 49.9 Å². The summed E-state index contributed by atoms with van der Waals surface area (Å²) in [4.78, 5) is 10.9. The second-order valence-corrected chi connectivity index (χ2v) is 4.63. The normalized spacial score (nSPS) is 54.1. The maximum atomic E-state index is 10.9. The molecule has 0 aromatic heterocycles. The van der Waals surface area contributed by atoms with Crippen LogP contribution in [-0.2, 0) is 9.53 Å². The summed E-state index contributed by atoms with van der Waals surface area (Å²) in [6.07, 6.45) is 1.65. The Morgan fingerprint density at radius 2 is 2.00 bits per heavy atom. The topological polar surface area (TPSA) is 66.8 Å². The fraction of sp³-hybridized carbons (Fsp3) is 0.889. The summed E-state index contributed by atoms with van der Waals surface area (Å²) in [6, 6.07) is 0. The molecule has 0 radical (unpaired) electrons. The molecule has 0 aromatic rings. The van der Waals surface area contributed by atoms with E-state index in [9.17, 15) is 9.90 Å². The highest BCUT2D eigenvalue weighted by Gasteiger charge is 2.68. The monoisotopic (exact) mass is 186 g/mol. The molecule has 0 spiro atoms. The number of carbonyl (C=O) groups is 1. The third kappa shape index (κ3) is 0.901. The van der Waals surface area contributed by atoms with Gasteiger partial charge in [0.25, 0.3) is 0 Å². The molecule has 4 heteroatoms. The van der Waals surface area contributed by atoms with Gasteiger partial charge in [-0.05, 0) is 26.7 Å². The van der Waals surface area contributed by atoms with Crippen LogP contribution in [0.15, 0.2) is 0 Å². The van der Waals surface area contributed by atoms with Gasteiger partial charge in [-0.1, -0.05) is 0 Å². The zero-order valence-corrected chi connectivity index (χ0v) is 7.83. The molecule has 2 bridgehead atoms. The van der Waals surface area contributed by atoms with E-state index in [4.69, 9.17) is 9.84 Å². The Labute approximate surface area is 76.5 Å². The van der Waals surface area contributed by atoms with Crippen molar-refractivity contribution in [1.29, 1.82) is 0 Å². The summed E-state index contributed by atoms with van der Waals surface area (Å²) in [5.74, 6) is -1.17. The first kappa shape index (κ1) is 8.97. The van der Waals surface area contributed by atoms with E-state index in [2.05, 4.69) is 0 Å². The van der Waals surface area contributed by atoms with Gasteiger partial charge in [0.15, 0.2) is 5.60 Å². The van der Waals surface area contributed by atoms with Crippen LogP contribution in [0.25, 0.3) is 0 Å². The van der Waals surface area contributed by atoms with Crippen molar-refractivity contribution in [3.8, 4) is 0 Å². The van der Waals surface area contributed by atoms with Crippen LogP contribution in [-0.4, -0.2) is 33.0 Å². The molecule has 2 saturated heterocycles. The van der Waals surface area contributed by atoms with Crippen LogP contribution < -0.4 is 0 Å². The average molecular weight is 186 g/mol. The Hall–Kier alpha value is -0.610. The highest BCUT2D eigenvalue weighted by atomic mass is 16.6. The summed E-state index contributed by atoms with van der Waals surface area (Å²) in [6.45, 7) is 3.54. The molecule has 0 aliphatic carbocycles. The van der Waals surface area contributed by atoms with Crippen molar-refractivity contribution in [2.75, 3.05) is 0 Å². The van der Waals surface area contributed by atoms with Gasteiger partial charge in [0.2, 0.25) is 0 Å². The zero-order valence-electron chi connectivity index (χ0n) is 7.83. The molecular formula is C9H14O4. The molecule has 2 rings (SSSR count). The molecule has 0 aromatic carbocycles. The molecule has 0 saturated carbocycles. The predicted octanol–water partition coefficient (Wildman–Crippen LogP) is 0.534. The van der Waals surface area contributed by atoms with E-state index in [0.29, 0.717) is 6.42 Å². The fourth-order valence-electron chi connectivity index (χ4n) is 2.59. The number of carboxylic acids is 1. The smallest absolute Gasteiger partial charge is 0.338 e. The summed E-state index contributed by atoms with van der Waals surface area (Å²) in [7, 11) is 0.